The Bertz CT molecular complexity index is 551. The minimum Gasteiger partial charge on any atom is -0.496 e. The molecule has 1 aliphatic carbocycles. The van der Waals surface area contributed by atoms with Gasteiger partial charge < -0.3 is 9.84 Å². The Hall–Kier alpha value is -1.43. The van der Waals surface area contributed by atoms with Gasteiger partial charge in [0.15, 0.2) is 0 Å². The zero-order valence-corrected chi connectivity index (χ0v) is 11.3. The number of aliphatic carboxylic acids is 1. The first kappa shape index (κ1) is 15.0. The molecule has 110 valence electrons. The molecule has 1 aliphatic rings. The molecule has 1 fully saturated rings. The number of hydrogen-bond acceptors (Lipinski definition) is 2. The second kappa shape index (κ2) is 4.84. The Kier molecular flexibility index (Phi) is 3.62. The zero-order chi connectivity index (χ0) is 15.1. The van der Waals surface area contributed by atoms with Gasteiger partial charge in [-0.15, -0.1) is 0 Å². The van der Waals surface area contributed by atoms with Crippen molar-refractivity contribution in [1.29, 1.82) is 0 Å². The second-order valence-corrected chi connectivity index (χ2v) is 5.29. The van der Waals surface area contributed by atoms with Crippen LogP contribution in [0.1, 0.15) is 30.4 Å². The molecule has 0 unspecified atom stereocenters. The first-order valence-electron chi connectivity index (χ1n) is 5.86. The Labute approximate surface area is 118 Å². The molecule has 0 atom stereocenters. The summed E-state index contributed by atoms with van der Waals surface area (Å²) in [4.78, 5) is 10.9. The molecule has 1 aromatic carbocycles. The minimum atomic E-state index is -4.53. The molecule has 0 aliphatic heterocycles. The highest BCUT2D eigenvalue weighted by Crippen LogP contribution is 2.56. The molecule has 2 rings (SSSR count). The molecule has 3 nitrogen and oxygen atoms in total. The maximum absolute atomic E-state index is 12.7. The van der Waals surface area contributed by atoms with Crippen molar-refractivity contribution in [3.8, 4) is 5.75 Å². The van der Waals surface area contributed by atoms with Gasteiger partial charge in [0, 0.05) is 16.0 Å². The average molecular weight is 309 g/mol. The van der Waals surface area contributed by atoms with E-state index in [0.29, 0.717) is 18.4 Å². The third-order valence-corrected chi connectivity index (χ3v) is 3.77. The summed E-state index contributed by atoms with van der Waals surface area (Å²) in [5.41, 5.74) is -1.26. The molecule has 1 N–H and O–H groups in total. The van der Waals surface area contributed by atoms with Crippen LogP contribution in [0, 0.1) is 0 Å². The number of carboxylic acid groups (broad SMARTS) is 1. The van der Waals surface area contributed by atoms with Crippen molar-refractivity contribution >= 4 is 17.6 Å². The van der Waals surface area contributed by atoms with Crippen LogP contribution in [-0.4, -0.2) is 18.2 Å². The average Bonchev–Trinajstić information content (AvgIpc) is 3.06. The lowest BCUT2D eigenvalue weighted by molar-refractivity contribution is -0.138. The van der Waals surface area contributed by atoms with Gasteiger partial charge in [0.25, 0.3) is 0 Å². The van der Waals surface area contributed by atoms with Gasteiger partial charge >= 0.3 is 12.1 Å². The molecule has 0 heterocycles. The Balaban J connectivity index is 2.52. The predicted octanol–water partition coefficient (Wildman–Crippen LogP) is 3.87. The van der Waals surface area contributed by atoms with Gasteiger partial charge in [-0.3, -0.25) is 4.79 Å². The largest absolute Gasteiger partial charge is 0.496 e. The van der Waals surface area contributed by atoms with E-state index in [2.05, 4.69) is 0 Å². The highest BCUT2D eigenvalue weighted by molar-refractivity contribution is 6.31. The summed E-state index contributed by atoms with van der Waals surface area (Å²) in [5.74, 6) is -1.02. The van der Waals surface area contributed by atoms with Crippen LogP contribution in [0.25, 0.3) is 0 Å². The van der Waals surface area contributed by atoms with Crippen molar-refractivity contribution in [3.63, 3.8) is 0 Å². The smallest absolute Gasteiger partial charge is 0.416 e. The van der Waals surface area contributed by atoms with Gasteiger partial charge in [0.1, 0.15) is 5.75 Å². The topological polar surface area (TPSA) is 46.5 Å². The molecule has 0 bridgehead atoms. The van der Waals surface area contributed by atoms with Gasteiger partial charge in [0.05, 0.1) is 19.1 Å². The van der Waals surface area contributed by atoms with Crippen molar-refractivity contribution in [1.82, 2.24) is 0 Å². The summed E-state index contributed by atoms with van der Waals surface area (Å²) in [6.07, 6.45) is -3.56. The first-order valence-corrected chi connectivity index (χ1v) is 6.24. The van der Waals surface area contributed by atoms with Crippen molar-refractivity contribution in [2.75, 3.05) is 7.11 Å². The number of carboxylic acids is 1. The van der Waals surface area contributed by atoms with Crippen LogP contribution in [0.4, 0.5) is 13.2 Å². The number of halogens is 4. The number of carbonyl (C=O) groups is 1. The van der Waals surface area contributed by atoms with E-state index in [1.807, 2.05) is 0 Å². The van der Waals surface area contributed by atoms with Gasteiger partial charge in [0.2, 0.25) is 0 Å². The third-order valence-electron chi connectivity index (χ3n) is 3.47. The highest BCUT2D eigenvalue weighted by Gasteiger charge is 2.49. The van der Waals surface area contributed by atoms with E-state index < -0.39 is 23.1 Å². The van der Waals surface area contributed by atoms with Gasteiger partial charge in [-0.25, -0.2) is 0 Å². The van der Waals surface area contributed by atoms with Crippen LogP contribution in [0.5, 0.6) is 5.75 Å². The van der Waals surface area contributed by atoms with Crippen molar-refractivity contribution < 1.29 is 27.8 Å². The second-order valence-electron chi connectivity index (χ2n) is 4.88. The minimum absolute atomic E-state index is 0.0106. The van der Waals surface area contributed by atoms with Gasteiger partial charge in [-0.2, -0.15) is 13.2 Å². The molecule has 0 spiro atoms. The maximum atomic E-state index is 12.7. The highest BCUT2D eigenvalue weighted by atomic mass is 35.5. The molecular formula is C13H12ClF3O3. The number of benzene rings is 1. The normalized spacial score (nSPS) is 16.9. The quantitative estimate of drug-likeness (QED) is 0.918. The van der Waals surface area contributed by atoms with Crippen molar-refractivity contribution in [2.45, 2.75) is 30.9 Å². The molecule has 0 aromatic heterocycles. The Morgan fingerprint density at radius 2 is 2.05 bits per heavy atom. The first-order chi connectivity index (χ1) is 9.19. The van der Waals surface area contributed by atoms with Gasteiger partial charge in [-0.1, -0.05) is 11.6 Å². The summed E-state index contributed by atoms with van der Waals surface area (Å²) < 4.78 is 43.2. The molecular weight excluding hydrogens is 297 g/mol. The standard InChI is InChI=1S/C13H12ClF3O3/c1-20-9-5-7(13(15,16)17)4-8(14)11(9)12(2-3-12)6-10(18)19/h4-5H,2-3,6H2,1H3,(H,18,19). The summed E-state index contributed by atoms with van der Waals surface area (Å²) in [6.45, 7) is 0. The van der Waals surface area contributed by atoms with E-state index in [-0.39, 0.29) is 17.2 Å². The van der Waals surface area contributed by atoms with E-state index in [0.717, 1.165) is 12.1 Å². The van der Waals surface area contributed by atoms with Crippen LogP contribution in [0.2, 0.25) is 5.02 Å². The predicted molar refractivity (Wildman–Crippen MR) is 66.2 cm³/mol. The molecule has 0 radical (unpaired) electrons. The SMILES string of the molecule is COc1cc(C(F)(F)F)cc(Cl)c1C1(CC(=O)O)CC1. The fraction of sp³-hybridized carbons (Fsp3) is 0.462. The van der Waals surface area contributed by atoms with E-state index in [9.17, 15) is 18.0 Å². The molecule has 0 amide bonds. The number of hydrogen-bond donors (Lipinski definition) is 1. The Morgan fingerprint density at radius 3 is 2.45 bits per heavy atom. The summed E-state index contributed by atoms with van der Waals surface area (Å²) in [7, 11) is 1.24. The summed E-state index contributed by atoms with van der Waals surface area (Å²) in [6, 6.07) is 1.68. The number of rotatable bonds is 4. The summed E-state index contributed by atoms with van der Waals surface area (Å²) in [5, 5.41) is 8.82. The lowest BCUT2D eigenvalue weighted by Gasteiger charge is -2.20. The lowest BCUT2D eigenvalue weighted by atomic mass is 9.90. The van der Waals surface area contributed by atoms with Crippen LogP contribution < -0.4 is 4.74 Å². The monoisotopic (exact) mass is 308 g/mol. The zero-order valence-electron chi connectivity index (χ0n) is 10.6. The molecule has 0 saturated heterocycles. The molecule has 1 saturated carbocycles. The molecule has 1 aromatic rings. The van der Waals surface area contributed by atoms with E-state index in [1.165, 1.54) is 7.11 Å². The number of ether oxygens (including phenoxy) is 1. The van der Waals surface area contributed by atoms with Crippen LogP contribution in [0.15, 0.2) is 12.1 Å². The van der Waals surface area contributed by atoms with Crippen LogP contribution in [0.3, 0.4) is 0 Å². The van der Waals surface area contributed by atoms with Crippen LogP contribution in [-0.2, 0) is 16.4 Å². The van der Waals surface area contributed by atoms with E-state index >= 15 is 0 Å². The summed E-state index contributed by atoms with van der Waals surface area (Å²) >= 11 is 5.95. The molecule has 7 heteroatoms. The van der Waals surface area contributed by atoms with Crippen molar-refractivity contribution in [3.05, 3.63) is 28.3 Å². The number of alkyl halides is 3. The van der Waals surface area contributed by atoms with E-state index in [1.54, 1.807) is 0 Å². The molecule has 20 heavy (non-hydrogen) atoms. The van der Waals surface area contributed by atoms with Crippen molar-refractivity contribution in [2.24, 2.45) is 0 Å². The van der Waals surface area contributed by atoms with E-state index in [4.69, 9.17) is 21.4 Å². The lowest BCUT2D eigenvalue weighted by Crippen LogP contribution is -2.16. The maximum Gasteiger partial charge on any atom is 0.416 e. The number of methoxy groups -OCH3 is 1. The fourth-order valence-corrected chi connectivity index (χ4v) is 2.79. The Morgan fingerprint density at radius 1 is 1.45 bits per heavy atom. The fourth-order valence-electron chi connectivity index (χ4n) is 2.38. The van der Waals surface area contributed by atoms with Crippen LogP contribution >= 0.6 is 11.6 Å². The van der Waals surface area contributed by atoms with Gasteiger partial charge in [-0.05, 0) is 25.0 Å². The third kappa shape index (κ3) is 2.70.